The Labute approximate surface area is 613 Å². The van der Waals surface area contributed by atoms with Crippen molar-refractivity contribution in [3.05, 3.63) is 0 Å². The molecule has 0 bridgehead atoms. The highest BCUT2D eigenvalue weighted by Crippen LogP contribution is 2.45. The fourth-order valence-electron chi connectivity index (χ4n) is 12.6. The summed E-state index contributed by atoms with van der Waals surface area (Å²) in [5.41, 5.74) is 0. The standard InChI is InChI=1S/C81H158O17P2/c1-5-9-13-17-21-25-29-32-35-38-41-43-46-50-54-58-62-66-79(84)92-72-77(98-81(86)68-64-60-56-52-48-45-42-39-36-33-30-26-22-18-14-10-6-2)74-96-100(89,90)94-70-75(82)69-93-99(87,88)95-73-76(71-91-78(83)65-61-57-53-49-28-24-20-16-12-8-4)97-80(85)67-63-59-55-51-47-44-40-37-34-31-27-23-19-15-11-7-3/h75-77,82H,5-74H2,1-4H3,(H,87,88)(H,89,90)/t75-,76+,77+/m0/s1. The Hall–Kier alpha value is -1.94. The number of aliphatic hydroxyl groups is 1. The number of phosphoric acid groups is 2. The van der Waals surface area contributed by atoms with E-state index in [9.17, 15) is 43.2 Å². The molecule has 0 aromatic rings. The molecule has 19 heteroatoms. The predicted molar refractivity (Wildman–Crippen MR) is 409 cm³/mol. The molecule has 2 unspecified atom stereocenters. The first-order chi connectivity index (χ1) is 48.7. The molecule has 0 aromatic heterocycles. The molecule has 5 atom stereocenters. The molecular formula is C81H158O17P2. The van der Waals surface area contributed by atoms with E-state index in [1.807, 2.05) is 0 Å². The van der Waals surface area contributed by atoms with E-state index in [1.54, 1.807) is 0 Å². The molecule has 0 saturated heterocycles. The first-order valence-electron chi connectivity index (χ1n) is 42.3. The van der Waals surface area contributed by atoms with Gasteiger partial charge in [-0.15, -0.1) is 0 Å². The Balaban J connectivity index is 5.23. The fraction of sp³-hybridized carbons (Fsp3) is 0.951. The minimum Gasteiger partial charge on any atom is -0.462 e. The van der Waals surface area contributed by atoms with Crippen molar-refractivity contribution in [1.29, 1.82) is 0 Å². The van der Waals surface area contributed by atoms with Crippen molar-refractivity contribution in [2.75, 3.05) is 39.6 Å². The topological polar surface area (TPSA) is 237 Å². The van der Waals surface area contributed by atoms with Crippen LogP contribution in [0, 0.1) is 0 Å². The van der Waals surface area contributed by atoms with Gasteiger partial charge in [-0.05, 0) is 25.7 Å². The molecule has 0 aliphatic heterocycles. The first kappa shape index (κ1) is 98.1. The molecule has 17 nitrogen and oxygen atoms in total. The smallest absolute Gasteiger partial charge is 0.462 e. The van der Waals surface area contributed by atoms with Gasteiger partial charge < -0.3 is 33.8 Å². The third-order valence-corrected chi connectivity index (χ3v) is 21.0. The molecule has 594 valence electrons. The van der Waals surface area contributed by atoms with Crippen molar-refractivity contribution < 1.29 is 80.2 Å². The van der Waals surface area contributed by atoms with E-state index in [2.05, 4.69) is 27.7 Å². The van der Waals surface area contributed by atoms with Crippen molar-refractivity contribution in [2.24, 2.45) is 0 Å². The zero-order valence-corrected chi connectivity index (χ0v) is 67.0. The minimum absolute atomic E-state index is 0.109. The van der Waals surface area contributed by atoms with Gasteiger partial charge in [-0.1, -0.05) is 387 Å². The van der Waals surface area contributed by atoms with Gasteiger partial charge in [0.05, 0.1) is 26.4 Å². The zero-order valence-electron chi connectivity index (χ0n) is 65.2. The third kappa shape index (κ3) is 74.3. The highest BCUT2D eigenvalue weighted by atomic mass is 31.2. The number of phosphoric ester groups is 2. The van der Waals surface area contributed by atoms with Crippen LogP contribution in [0.2, 0.25) is 0 Å². The molecule has 0 fully saturated rings. The SMILES string of the molecule is CCCCCCCCCCCCCCCCCCCC(=O)OC[C@H](COP(=O)(O)OC[C@@H](O)COP(=O)(O)OC[C@@H](COC(=O)CCCCCCCCCCCC)OC(=O)CCCCCCCCCCCCCCCCCC)OC(=O)CCCCCCCCCCCCCCCCCCC. The lowest BCUT2D eigenvalue weighted by molar-refractivity contribution is -0.161. The molecule has 0 saturated carbocycles. The van der Waals surface area contributed by atoms with Crippen molar-refractivity contribution in [1.82, 2.24) is 0 Å². The van der Waals surface area contributed by atoms with Crippen molar-refractivity contribution >= 4 is 39.5 Å². The molecule has 0 rings (SSSR count). The molecule has 0 spiro atoms. The van der Waals surface area contributed by atoms with E-state index in [4.69, 9.17) is 37.0 Å². The molecular weight excluding hydrogens is 1310 g/mol. The van der Waals surface area contributed by atoms with Crippen LogP contribution in [0.3, 0.4) is 0 Å². The number of unbranched alkanes of at least 4 members (excludes halogenated alkanes) is 56. The summed E-state index contributed by atoms with van der Waals surface area (Å²) in [6.45, 7) is 5.03. The van der Waals surface area contributed by atoms with Gasteiger partial charge in [-0.3, -0.25) is 37.3 Å². The Kier molecular flexibility index (Phi) is 73.8. The van der Waals surface area contributed by atoms with Crippen molar-refractivity contribution in [3.8, 4) is 0 Å². The number of hydrogen-bond acceptors (Lipinski definition) is 15. The second-order valence-electron chi connectivity index (χ2n) is 29.2. The number of carbonyl (C=O) groups excluding carboxylic acids is 4. The lowest BCUT2D eigenvalue weighted by Crippen LogP contribution is -2.30. The summed E-state index contributed by atoms with van der Waals surface area (Å²) in [5, 5.41) is 10.6. The molecule has 3 N–H and O–H groups in total. The highest BCUT2D eigenvalue weighted by molar-refractivity contribution is 7.47. The number of esters is 4. The van der Waals surface area contributed by atoms with E-state index in [0.29, 0.717) is 25.7 Å². The van der Waals surface area contributed by atoms with Crippen molar-refractivity contribution in [3.63, 3.8) is 0 Å². The van der Waals surface area contributed by atoms with E-state index < -0.39 is 97.5 Å². The van der Waals surface area contributed by atoms with Gasteiger partial charge in [-0.2, -0.15) is 0 Å². The maximum Gasteiger partial charge on any atom is 0.472 e. The summed E-state index contributed by atoms with van der Waals surface area (Å²) in [7, 11) is -9.92. The molecule has 0 radical (unpaired) electrons. The number of carbonyl (C=O) groups is 4. The Morgan fingerprint density at radius 3 is 0.590 bits per heavy atom. The third-order valence-electron chi connectivity index (χ3n) is 19.1. The molecule has 0 aliphatic carbocycles. The normalized spacial score (nSPS) is 13.8. The van der Waals surface area contributed by atoms with Crippen LogP contribution in [0.4, 0.5) is 0 Å². The largest absolute Gasteiger partial charge is 0.472 e. The number of ether oxygens (including phenoxy) is 4. The second kappa shape index (κ2) is 75.3. The van der Waals surface area contributed by atoms with Gasteiger partial charge in [0.25, 0.3) is 0 Å². The Bertz CT molecular complexity index is 1890. The van der Waals surface area contributed by atoms with Crippen LogP contribution in [-0.2, 0) is 65.4 Å². The average Bonchev–Trinajstić information content (AvgIpc) is 1.06. The summed E-state index contributed by atoms with van der Waals surface area (Å²) in [6.07, 6.45) is 67.9. The molecule has 100 heavy (non-hydrogen) atoms. The summed E-state index contributed by atoms with van der Waals surface area (Å²) in [6, 6.07) is 0. The van der Waals surface area contributed by atoms with Gasteiger partial charge in [0.15, 0.2) is 12.2 Å². The average molecular weight is 1470 g/mol. The molecule has 0 aliphatic rings. The molecule has 0 amide bonds. The Morgan fingerprint density at radius 2 is 0.400 bits per heavy atom. The maximum absolute atomic E-state index is 13.1. The number of aliphatic hydroxyl groups excluding tert-OH is 1. The first-order valence-corrected chi connectivity index (χ1v) is 45.3. The van der Waals surface area contributed by atoms with Gasteiger partial charge >= 0.3 is 39.5 Å². The lowest BCUT2D eigenvalue weighted by atomic mass is 10.0. The molecule has 0 heterocycles. The maximum atomic E-state index is 13.1. The summed E-state index contributed by atoms with van der Waals surface area (Å²) < 4.78 is 68.7. The van der Waals surface area contributed by atoms with Crippen LogP contribution in [-0.4, -0.2) is 96.7 Å². The van der Waals surface area contributed by atoms with E-state index in [-0.39, 0.29) is 25.7 Å². The van der Waals surface area contributed by atoms with Crippen LogP contribution >= 0.6 is 15.6 Å². The second-order valence-corrected chi connectivity index (χ2v) is 32.1. The number of rotatable bonds is 82. The highest BCUT2D eigenvalue weighted by Gasteiger charge is 2.30. The van der Waals surface area contributed by atoms with Gasteiger partial charge in [0.2, 0.25) is 0 Å². The van der Waals surface area contributed by atoms with Crippen LogP contribution in [0.5, 0.6) is 0 Å². The predicted octanol–water partition coefficient (Wildman–Crippen LogP) is 24.6. The summed E-state index contributed by atoms with van der Waals surface area (Å²) >= 11 is 0. The number of hydrogen-bond donors (Lipinski definition) is 3. The van der Waals surface area contributed by atoms with Crippen LogP contribution in [0.1, 0.15) is 439 Å². The monoisotopic (exact) mass is 1470 g/mol. The summed E-state index contributed by atoms with van der Waals surface area (Å²) in [5.74, 6) is -2.10. The van der Waals surface area contributed by atoms with E-state index in [1.165, 1.54) is 270 Å². The minimum atomic E-state index is -4.96. The summed E-state index contributed by atoms with van der Waals surface area (Å²) in [4.78, 5) is 73.0. The zero-order chi connectivity index (χ0) is 73.2. The van der Waals surface area contributed by atoms with Crippen molar-refractivity contribution in [2.45, 2.75) is 457 Å². The van der Waals surface area contributed by atoms with Gasteiger partial charge in [0.1, 0.15) is 19.3 Å². The quantitative estimate of drug-likeness (QED) is 0.0222. The molecule has 0 aromatic carbocycles. The van der Waals surface area contributed by atoms with E-state index in [0.717, 1.165) is 89.9 Å². The van der Waals surface area contributed by atoms with Gasteiger partial charge in [0, 0.05) is 25.7 Å². The van der Waals surface area contributed by atoms with E-state index >= 15 is 0 Å². The van der Waals surface area contributed by atoms with Crippen LogP contribution in [0.15, 0.2) is 0 Å². The van der Waals surface area contributed by atoms with Crippen LogP contribution < -0.4 is 0 Å². The lowest BCUT2D eigenvalue weighted by Gasteiger charge is -2.21. The fourth-order valence-corrected chi connectivity index (χ4v) is 14.2. The Morgan fingerprint density at radius 1 is 0.240 bits per heavy atom. The van der Waals surface area contributed by atoms with Crippen LogP contribution in [0.25, 0.3) is 0 Å². The van der Waals surface area contributed by atoms with Gasteiger partial charge in [-0.25, -0.2) is 9.13 Å².